The van der Waals surface area contributed by atoms with Crippen LogP contribution < -0.4 is 29.6 Å². The summed E-state index contributed by atoms with van der Waals surface area (Å²) in [4.78, 5) is 0. The number of unbranched alkanes of at least 4 members (excludes halogenated alkanes) is 6. The number of hydrogen-bond donors (Lipinski definition) is 1. The number of hydrogen-bond acceptors (Lipinski definition) is 4. The number of rotatable bonds is 10. The van der Waals surface area contributed by atoms with E-state index in [1.807, 2.05) is 0 Å². The van der Waals surface area contributed by atoms with Gasteiger partial charge in [0.15, 0.2) is 0 Å². The van der Waals surface area contributed by atoms with Gasteiger partial charge in [0.2, 0.25) is 0 Å². The van der Waals surface area contributed by atoms with E-state index in [2.05, 4.69) is 6.92 Å². The molecule has 22 heavy (non-hydrogen) atoms. The average molecular weight is 336 g/mol. The van der Waals surface area contributed by atoms with E-state index in [1.165, 1.54) is 38.2 Å². The van der Waals surface area contributed by atoms with E-state index in [0.29, 0.717) is 0 Å². The molecule has 0 aliphatic heterocycles. The molecule has 0 unspecified atom stereocenters. The van der Waals surface area contributed by atoms with Crippen molar-refractivity contribution in [3.63, 3.8) is 0 Å². The normalized spacial score (nSPS) is 11.2. The van der Waals surface area contributed by atoms with E-state index in [9.17, 15) is 18.1 Å². The van der Waals surface area contributed by atoms with Gasteiger partial charge in [-0.15, -0.1) is 0 Å². The zero-order chi connectivity index (χ0) is 15.7. The Hall–Kier alpha value is -0.0700. The molecule has 1 N–H and O–H groups in total. The van der Waals surface area contributed by atoms with Crippen LogP contribution in [0.3, 0.4) is 0 Å². The third kappa shape index (κ3) is 9.85. The predicted octanol–water partition coefficient (Wildman–Crippen LogP) is 0.734. The molecule has 0 spiro atoms. The average Bonchev–Trinajstić information content (AvgIpc) is 2.39. The standard InChI is InChI=1S/C16H26O4S.Na/c1-2-3-4-5-6-7-8-9-14-10-11-16(17)15(12-14)13-21(18,19)20;/h10-12,17H,2-9,13H2,1H3,(H,18,19,20);/q;+1/p-1. The summed E-state index contributed by atoms with van der Waals surface area (Å²) in [5, 5.41) is 9.59. The fourth-order valence-corrected chi connectivity index (χ4v) is 3.00. The van der Waals surface area contributed by atoms with Crippen LogP contribution in [0.5, 0.6) is 5.75 Å². The maximum absolute atomic E-state index is 10.8. The second-order valence-corrected chi connectivity index (χ2v) is 6.94. The molecule has 0 saturated heterocycles. The first-order valence-electron chi connectivity index (χ1n) is 7.66. The summed E-state index contributed by atoms with van der Waals surface area (Å²) in [7, 11) is -4.36. The van der Waals surface area contributed by atoms with E-state index in [1.54, 1.807) is 12.1 Å². The zero-order valence-electron chi connectivity index (χ0n) is 13.7. The first-order chi connectivity index (χ1) is 9.92. The Bertz CT molecular complexity index is 529. The smallest absolute Gasteiger partial charge is 0.748 e. The van der Waals surface area contributed by atoms with Gasteiger partial charge < -0.3 is 9.66 Å². The van der Waals surface area contributed by atoms with Crippen LogP contribution in [0.1, 0.15) is 63.0 Å². The summed E-state index contributed by atoms with van der Waals surface area (Å²) in [6, 6.07) is 4.88. The number of aromatic hydroxyl groups is 1. The van der Waals surface area contributed by atoms with Gasteiger partial charge in [-0.05, 0) is 24.5 Å². The second kappa shape index (κ2) is 11.5. The molecule has 1 aromatic rings. The van der Waals surface area contributed by atoms with Crippen LogP contribution in [0, 0.1) is 0 Å². The molecule has 0 fully saturated rings. The van der Waals surface area contributed by atoms with Crippen LogP contribution in [0.4, 0.5) is 0 Å². The van der Waals surface area contributed by atoms with E-state index in [-0.39, 0.29) is 40.9 Å². The summed E-state index contributed by atoms with van der Waals surface area (Å²) in [5.41, 5.74) is 1.17. The van der Waals surface area contributed by atoms with Gasteiger partial charge in [0, 0.05) is 5.56 Å². The van der Waals surface area contributed by atoms with Crippen molar-refractivity contribution in [2.24, 2.45) is 0 Å². The van der Waals surface area contributed by atoms with Crippen molar-refractivity contribution >= 4 is 10.1 Å². The van der Waals surface area contributed by atoms with E-state index in [0.717, 1.165) is 24.8 Å². The number of aryl methyl sites for hydroxylation is 1. The topological polar surface area (TPSA) is 77.4 Å². The molecule has 0 atom stereocenters. The molecule has 1 rings (SSSR count). The first-order valence-corrected chi connectivity index (χ1v) is 9.24. The van der Waals surface area contributed by atoms with Gasteiger partial charge in [-0.2, -0.15) is 0 Å². The zero-order valence-corrected chi connectivity index (χ0v) is 16.5. The monoisotopic (exact) mass is 336 g/mol. The van der Waals surface area contributed by atoms with Crippen LogP contribution in [-0.2, 0) is 22.3 Å². The summed E-state index contributed by atoms with van der Waals surface area (Å²) in [6.07, 6.45) is 9.37. The fourth-order valence-electron chi connectivity index (χ4n) is 2.39. The maximum atomic E-state index is 10.8. The molecule has 1 aromatic carbocycles. The van der Waals surface area contributed by atoms with E-state index < -0.39 is 15.9 Å². The van der Waals surface area contributed by atoms with Gasteiger partial charge in [-0.25, -0.2) is 8.42 Å². The molecule has 0 radical (unpaired) electrons. The van der Waals surface area contributed by atoms with Crippen LogP contribution >= 0.6 is 0 Å². The van der Waals surface area contributed by atoms with Crippen LogP contribution in [-0.4, -0.2) is 18.1 Å². The second-order valence-electron chi connectivity index (χ2n) is 5.54. The van der Waals surface area contributed by atoms with Crippen molar-refractivity contribution in [3.05, 3.63) is 29.3 Å². The Morgan fingerprint density at radius 1 is 1.05 bits per heavy atom. The van der Waals surface area contributed by atoms with Crippen molar-refractivity contribution < 1.29 is 47.6 Å². The largest absolute Gasteiger partial charge is 1.00 e. The number of phenolic OH excluding ortho intramolecular Hbond substituents is 1. The SMILES string of the molecule is CCCCCCCCCc1ccc(O)c(CS(=O)(=O)[O-])c1.[Na+]. The minimum atomic E-state index is -4.36. The fraction of sp³-hybridized carbons (Fsp3) is 0.625. The van der Waals surface area contributed by atoms with Gasteiger partial charge in [-0.3, -0.25) is 0 Å². The third-order valence-electron chi connectivity index (χ3n) is 3.55. The van der Waals surface area contributed by atoms with Gasteiger partial charge in [0.25, 0.3) is 0 Å². The molecule has 120 valence electrons. The predicted molar refractivity (Wildman–Crippen MR) is 83.2 cm³/mol. The molecule has 6 heteroatoms. The molecular weight excluding hydrogens is 311 g/mol. The summed E-state index contributed by atoms with van der Waals surface area (Å²) >= 11 is 0. The van der Waals surface area contributed by atoms with Gasteiger partial charge in [0.05, 0.1) is 15.9 Å². The van der Waals surface area contributed by atoms with Crippen LogP contribution in [0.25, 0.3) is 0 Å². The number of phenols is 1. The van der Waals surface area contributed by atoms with Crippen molar-refractivity contribution in [1.29, 1.82) is 0 Å². The van der Waals surface area contributed by atoms with Crippen molar-refractivity contribution in [2.45, 2.75) is 64.0 Å². The molecule has 0 heterocycles. The summed E-state index contributed by atoms with van der Waals surface area (Å²) in [6.45, 7) is 2.20. The molecule has 0 amide bonds. The van der Waals surface area contributed by atoms with Crippen LogP contribution in [0.15, 0.2) is 18.2 Å². The molecule has 0 aliphatic rings. The summed E-state index contributed by atoms with van der Waals surface area (Å²) < 4.78 is 32.3. The third-order valence-corrected chi connectivity index (χ3v) is 4.21. The molecule has 0 aromatic heterocycles. The van der Waals surface area contributed by atoms with Gasteiger partial charge in [-0.1, -0.05) is 57.6 Å². The Balaban J connectivity index is 0.00000441. The van der Waals surface area contributed by atoms with E-state index >= 15 is 0 Å². The van der Waals surface area contributed by atoms with Gasteiger partial charge in [0.1, 0.15) is 5.75 Å². The molecule has 4 nitrogen and oxygen atoms in total. The number of benzene rings is 1. The van der Waals surface area contributed by atoms with Crippen molar-refractivity contribution in [1.82, 2.24) is 0 Å². The first kappa shape index (κ1) is 21.9. The van der Waals surface area contributed by atoms with E-state index in [4.69, 9.17) is 0 Å². The van der Waals surface area contributed by atoms with Crippen molar-refractivity contribution in [2.75, 3.05) is 0 Å². The molecule has 0 bridgehead atoms. The maximum Gasteiger partial charge on any atom is 1.00 e. The summed E-state index contributed by atoms with van der Waals surface area (Å²) in [5.74, 6) is -0.776. The van der Waals surface area contributed by atoms with Crippen LogP contribution in [0.2, 0.25) is 0 Å². The minimum absolute atomic E-state index is 0. The molecular formula is C16H25NaO4S. The Morgan fingerprint density at radius 2 is 1.64 bits per heavy atom. The van der Waals surface area contributed by atoms with Crippen molar-refractivity contribution in [3.8, 4) is 5.75 Å². The Morgan fingerprint density at radius 3 is 2.23 bits per heavy atom. The quantitative estimate of drug-likeness (QED) is 0.388. The molecule has 0 aliphatic carbocycles. The van der Waals surface area contributed by atoms with Gasteiger partial charge >= 0.3 is 29.6 Å². The Labute approximate surface area is 156 Å². The molecule has 0 saturated carbocycles. The minimum Gasteiger partial charge on any atom is -0.748 e. The Kier molecular flexibility index (Phi) is 11.4.